The summed E-state index contributed by atoms with van der Waals surface area (Å²) < 4.78 is 86.6. The number of carbonyl (C=O) groups is 10. The van der Waals surface area contributed by atoms with Crippen LogP contribution in [-0.2, 0) is 129 Å². The molecule has 0 spiro atoms. The highest BCUT2D eigenvalue weighted by Crippen LogP contribution is 2.45. The number of anilines is 2. The number of aryl methyl sites for hydroxylation is 1. The molecule has 44 heteroatoms. The first kappa shape index (κ1) is 117. The molecular formula is C105H147N17O27. The van der Waals surface area contributed by atoms with Gasteiger partial charge in [-0.25, -0.2) is 19.7 Å². The second-order valence-corrected chi connectivity index (χ2v) is 36.5. The number of aromatic nitrogens is 4. The van der Waals surface area contributed by atoms with E-state index in [9.17, 15) is 57.8 Å². The van der Waals surface area contributed by atoms with Gasteiger partial charge in [-0.1, -0.05) is 78.6 Å². The molecule has 3 aromatic heterocycles. The standard InChI is InChI=1S/C105H147N17O27/c1-75(123)114-88(68-95(128)129)100(132)111-73-122-94(127)30-39-121(103(122)134)89-66-77(21-26-90(89)136-5)17-14-35-113-104(2)32-40-119(41-33-104)80-28-37-120(38-29-80)102-116-86-25-22-78(84-71-118(3)101(133)96-82(84)27-36-108-96)67-83(86)97(117-102)105(149-81-23-24-81,79-18-10-7-11-19-79)72-148-74-112-92(125)69-110-99(131)87(65-76-15-8-6-9-16-76)115-93(126)70-109-98(130)85(106)20-12-13-34-107-91(124)31-42-137-45-46-139-49-50-141-53-54-143-57-58-145-61-62-147-64-63-146-60-59-144-56-55-142-52-51-140-48-47-138-44-43-135-4/h6-11,15-16,18-19,21-22,25-27,36,66-67,71,80-81,85,87-88,108,113H,12-13,20,23-24,28-35,37-65,68-70,72-74,106H2,1-5H3,(H,107,124)(H,109,130)(H,110,131)(H,111,132)(H,112,125)(H,114,123)(H,115,126)(H,128,129)/t85-,87-,88-,105-/m0/s1. The van der Waals surface area contributed by atoms with Crippen molar-refractivity contribution in [2.24, 2.45) is 12.8 Å². The molecule has 4 aliphatic rings. The number of benzene rings is 4. The summed E-state index contributed by atoms with van der Waals surface area (Å²) >= 11 is 0. The van der Waals surface area contributed by atoms with Crippen LogP contribution in [0.2, 0.25) is 0 Å². The van der Waals surface area contributed by atoms with Gasteiger partial charge in [-0.05, 0) is 118 Å². The number of likely N-dealkylation sites (tertiary alicyclic amines) is 1. The van der Waals surface area contributed by atoms with Crippen molar-refractivity contribution in [2.75, 3.05) is 255 Å². The van der Waals surface area contributed by atoms with Crippen LogP contribution in [0.1, 0.15) is 113 Å². The number of imide groups is 1. The van der Waals surface area contributed by atoms with Crippen molar-refractivity contribution in [1.29, 1.82) is 0 Å². The summed E-state index contributed by atoms with van der Waals surface area (Å²) in [6.45, 7) is 15.2. The molecule has 4 atom stereocenters. The number of fused-ring (bicyclic) bond motifs is 2. The SMILES string of the molecule is COCCOCCOCCOCCOCCOCCOCCOCCOCCOCCOCCOCCC(=O)NCCCC[C@H](N)C(=O)NCC(=O)N[C@@H](Cc1ccccc1)C(=O)NCC(=O)NCOC[C@](OC1CC1)(c1ccccc1)c1nc(N2CCC(N3CCC(C)(NCC#Cc4ccc(OC)c(N5CCC(=O)N(CNC(=O)[C@H](CC(=O)O)NC(C)=O)C5=O)c4)CC3)CC2)nc2ccc(-c3cn(C)c(=O)c4[nH]ccc34)cc12. The van der Waals surface area contributed by atoms with E-state index in [0.29, 0.717) is 229 Å². The molecule has 814 valence electrons. The van der Waals surface area contributed by atoms with E-state index in [1.165, 1.54) is 12.0 Å². The summed E-state index contributed by atoms with van der Waals surface area (Å²) in [5.41, 5.74) is 10.0. The fourth-order valence-corrected chi connectivity index (χ4v) is 17.0. The molecule has 0 radical (unpaired) electrons. The Morgan fingerprint density at radius 2 is 1.18 bits per heavy atom. The minimum absolute atomic E-state index is 0.0147. The van der Waals surface area contributed by atoms with Crippen molar-refractivity contribution in [3.8, 4) is 28.7 Å². The molecule has 3 aliphatic heterocycles. The minimum atomic E-state index is -1.43. The lowest BCUT2D eigenvalue weighted by atomic mass is 9.87. The van der Waals surface area contributed by atoms with Gasteiger partial charge in [-0.2, -0.15) is 0 Å². The van der Waals surface area contributed by atoms with Gasteiger partial charge in [0.25, 0.3) is 5.56 Å². The van der Waals surface area contributed by atoms with Gasteiger partial charge in [0.2, 0.25) is 53.2 Å². The van der Waals surface area contributed by atoms with E-state index in [4.69, 9.17) is 86.8 Å². The zero-order valence-corrected chi connectivity index (χ0v) is 86.1. The number of unbranched alkanes of at least 4 members (excludes halogenated alkanes) is 1. The number of carbonyl (C=O) groups excluding carboxylic acids is 9. The summed E-state index contributed by atoms with van der Waals surface area (Å²) in [6, 6.07) is 27.7. The Labute approximate surface area is 867 Å². The zero-order valence-electron chi connectivity index (χ0n) is 86.1. The monoisotopic (exact) mass is 2080 g/mol. The number of nitrogens with one attached hydrogen (secondary N) is 9. The van der Waals surface area contributed by atoms with Crippen LogP contribution in [0.3, 0.4) is 0 Å². The molecule has 1 aliphatic carbocycles. The van der Waals surface area contributed by atoms with Crippen LogP contribution in [0.5, 0.6) is 5.75 Å². The fourth-order valence-electron chi connectivity index (χ4n) is 17.0. The fraction of sp³-hybridized carbons (Fsp3) is 0.571. The average Bonchev–Trinajstić information content (AvgIpc) is 1.73. The normalized spacial score (nSPS) is 15.4. The number of pyridine rings is 1. The Morgan fingerprint density at radius 1 is 0.597 bits per heavy atom. The first-order valence-corrected chi connectivity index (χ1v) is 51.0. The van der Waals surface area contributed by atoms with Crippen LogP contribution in [0.25, 0.3) is 32.9 Å². The van der Waals surface area contributed by atoms with Crippen molar-refractivity contribution in [1.82, 2.24) is 71.9 Å². The quantitative estimate of drug-likeness (QED) is 0.0148. The summed E-state index contributed by atoms with van der Waals surface area (Å²) in [6.07, 6.45) is 8.99. The van der Waals surface area contributed by atoms with Gasteiger partial charge >= 0.3 is 12.0 Å². The highest BCUT2D eigenvalue weighted by atomic mass is 16.6. The maximum atomic E-state index is 14.1. The summed E-state index contributed by atoms with van der Waals surface area (Å²) in [5.74, 6) is 1.21. The number of urea groups is 1. The molecule has 6 heterocycles. The molecule has 149 heavy (non-hydrogen) atoms. The van der Waals surface area contributed by atoms with Gasteiger partial charge in [0.15, 0.2) is 5.60 Å². The number of aliphatic carboxylic acids is 1. The second kappa shape index (κ2) is 63.8. The number of carboxylic acid groups (broad SMARTS) is 1. The van der Waals surface area contributed by atoms with Crippen molar-refractivity contribution in [3.63, 3.8) is 0 Å². The van der Waals surface area contributed by atoms with Crippen LogP contribution < -0.4 is 68.4 Å². The van der Waals surface area contributed by atoms with Gasteiger partial charge in [-0.3, -0.25) is 52.8 Å². The van der Waals surface area contributed by atoms with E-state index in [1.807, 2.05) is 66.9 Å². The number of nitrogens with two attached hydrogens (primary N) is 1. The van der Waals surface area contributed by atoms with E-state index in [0.717, 1.165) is 91.1 Å². The first-order valence-electron chi connectivity index (χ1n) is 51.0. The Kier molecular flexibility index (Phi) is 50.2. The summed E-state index contributed by atoms with van der Waals surface area (Å²) in [4.78, 5) is 165. The number of nitrogens with zero attached hydrogens (tertiary/aromatic N) is 7. The number of carboxylic acids is 1. The first-order chi connectivity index (χ1) is 72.4. The highest BCUT2D eigenvalue weighted by molar-refractivity contribution is 6.07. The second-order valence-electron chi connectivity index (χ2n) is 36.5. The van der Waals surface area contributed by atoms with Crippen LogP contribution >= 0.6 is 0 Å². The van der Waals surface area contributed by atoms with E-state index < -0.39 is 103 Å². The third kappa shape index (κ3) is 39.3. The van der Waals surface area contributed by atoms with Crippen LogP contribution in [0, 0.1) is 11.8 Å². The number of hydrogen-bond acceptors (Lipinski definition) is 32. The molecule has 12 N–H and O–H groups in total. The number of methoxy groups -OCH3 is 2. The van der Waals surface area contributed by atoms with Crippen LogP contribution in [0.15, 0.2) is 120 Å². The maximum Gasteiger partial charge on any atom is 0.332 e. The predicted octanol–water partition coefficient (Wildman–Crippen LogP) is 3.47. The third-order valence-electron chi connectivity index (χ3n) is 25.4. The summed E-state index contributed by atoms with van der Waals surface area (Å²) in [7, 11) is 4.80. The number of H-pyrrole nitrogens is 1. The molecule has 11 rings (SSSR count). The third-order valence-corrected chi connectivity index (χ3v) is 25.4. The van der Waals surface area contributed by atoms with E-state index in [-0.39, 0.29) is 81.3 Å². The highest BCUT2D eigenvalue weighted by Gasteiger charge is 2.46. The van der Waals surface area contributed by atoms with E-state index in [1.54, 1.807) is 67.4 Å². The number of ether oxygens (including phenoxy) is 15. The van der Waals surface area contributed by atoms with Crippen LogP contribution in [-0.4, -0.2) is 375 Å². The summed E-state index contributed by atoms with van der Waals surface area (Å²) in [5, 5.41) is 32.7. The van der Waals surface area contributed by atoms with Gasteiger partial charge in [0.05, 0.1) is 221 Å². The molecular weight excluding hydrogens is 1930 g/mol. The molecule has 4 fully saturated rings. The number of aromatic amines is 1. The molecule has 3 saturated heterocycles. The predicted molar refractivity (Wildman–Crippen MR) is 550 cm³/mol. The Bertz CT molecular complexity index is 5490. The number of hydrogen-bond donors (Lipinski definition) is 11. The molecule has 1 saturated carbocycles. The number of amides is 10. The van der Waals surface area contributed by atoms with Crippen molar-refractivity contribution >= 4 is 92.7 Å². The van der Waals surface area contributed by atoms with Gasteiger partial charge in [-0.15, -0.1) is 0 Å². The van der Waals surface area contributed by atoms with Crippen LogP contribution in [0.4, 0.5) is 16.4 Å². The molecule has 10 amide bonds. The lowest BCUT2D eigenvalue weighted by molar-refractivity contribution is -0.141. The smallest absolute Gasteiger partial charge is 0.332 e. The van der Waals surface area contributed by atoms with E-state index in [2.05, 4.69) is 76.1 Å². The number of piperidine rings is 2. The lowest BCUT2D eigenvalue weighted by Gasteiger charge is -2.45. The minimum Gasteiger partial charge on any atom is -0.495 e. The Hall–Kier alpha value is -12.1. The lowest BCUT2D eigenvalue weighted by Crippen LogP contribution is -2.57. The average molecular weight is 2080 g/mol. The molecule has 0 unspecified atom stereocenters. The molecule has 4 aromatic carbocycles. The Morgan fingerprint density at radius 3 is 1.77 bits per heavy atom. The van der Waals surface area contributed by atoms with Crippen molar-refractivity contribution in [3.05, 3.63) is 148 Å². The number of rotatable bonds is 71. The van der Waals surface area contributed by atoms with Crippen molar-refractivity contribution < 1.29 is 124 Å². The maximum absolute atomic E-state index is 14.1. The van der Waals surface area contributed by atoms with Crippen molar-refractivity contribution in [2.45, 2.75) is 139 Å². The van der Waals surface area contributed by atoms with Gasteiger partial charge < -0.3 is 144 Å². The molecule has 44 nitrogen and oxygen atoms in total. The van der Waals surface area contributed by atoms with Gasteiger partial charge in [0, 0.05) is 125 Å². The zero-order chi connectivity index (χ0) is 106. The van der Waals surface area contributed by atoms with E-state index >= 15 is 0 Å². The molecule has 0 bridgehead atoms. The topological polar surface area (TPSA) is 528 Å². The largest absolute Gasteiger partial charge is 0.495 e. The Balaban J connectivity index is 0.587. The molecule has 7 aromatic rings. The van der Waals surface area contributed by atoms with Gasteiger partial charge in [0.1, 0.15) is 36.7 Å².